The quantitative estimate of drug-likeness (QED) is 0.414. The molecule has 37 heavy (non-hydrogen) atoms. The van der Waals surface area contributed by atoms with Crippen molar-refractivity contribution in [3.8, 4) is 5.75 Å². The second-order valence-corrected chi connectivity index (χ2v) is 10.0. The molecule has 3 aromatic carbocycles. The Kier molecular flexibility index (Phi) is 6.33. The Labute approximate surface area is 221 Å². The van der Waals surface area contributed by atoms with Gasteiger partial charge in [0.25, 0.3) is 0 Å². The molecule has 0 unspecified atom stereocenters. The number of carboxylic acid groups (broad SMARTS) is 1. The number of halogens is 3. The fraction of sp³-hybridized carbons (Fsp3) is 0.222. The monoisotopic (exact) mass is 542 g/mol. The van der Waals surface area contributed by atoms with Crippen molar-refractivity contribution in [1.82, 2.24) is 5.32 Å². The van der Waals surface area contributed by atoms with Gasteiger partial charge in [0.15, 0.2) is 6.61 Å². The van der Waals surface area contributed by atoms with Crippen LogP contribution in [0.25, 0.3) is 0 Å². The molecule has 190 valence electrons. The lowest BCUT2D eigenvalue weighted by Crippen LogP contribution is -2.57. The molecule has 1 spiro atoms. The average Bonchev–Trinajstić information content (AvgIpc) is 3.12. The fourth-order valence-corrected chi connectivity index (χ4v) is 5.86. The van der Waals surface area contributed by atoms with Crippen LogP contribution in [0.1, 0.15) is 40.6 Å². The van der Waals surface area contributed by atoms with Crippen LogP contribution in [-0.4, -0.2) is 29.5 Å². The van der Waals surface area contributed by atoms with E-state index >= 15 is 0 Å². The summed E-state index contributed by atoms with van der Waals surface area (Å²) in [4.78, 5) is 38.5. The summed E-state index contributed by atoms with van der Waals surface area (Å²) < 4.78 is 20.1. The molecule has 7 nitrogen and oxygen atoms in total. The van der Waals surface area contributed by atoms with E-state index in [0.29, 0.717) is 38.0 Å². The van der Waals surface area contributed by atoms with Crippen LogP contribution in [0, 0.1) is 12.7 Å². The van der Waals surface area contributed by atoms with Crippen LogP contribution < -0.4 is 15.4 Å². The molecule has 2 aliphatic rings. The second-order valence-electron chi connectivity index (χ2n) is 9.14. The minimum Gasteiger partial charge on any atom is -0.482 e. The van der Waals surface area contributed by atoms with Gasteiger partial charge in [-0.05, 0) is 66.1 Å². The number of aliphatic carboxylic acids is 1. The third kappa shape index (κ3) is 4.20. The number of hydrogen-bond donors (Lipinski definition) is 3. The van der Waals surface area contributed by atoms with Gasteiger partial charge in [0.05, 0.1) is 6.04 Å². The number of carbonyl (C=O) groups is 3. The summed E-state index contributed by atoms with van der Waals surface area (Å²) in [7, 11) is 0. The van der Waals surface area contributed by atoms with Crippen molar-refractivity contribution in [1.29, 1.82) is 0 Å². The summed E-state index contributed by atoms with van der Waals surface area (Å²) in [6.07, 6.45) is -0.135. The van der Waals surface area contributed by atoms with Crippen LogP contribution >= 0.6 is 23.2 Å². The summed E-state index contributed by atoms with van der Waals surface area (Å²) >= 11 is 12.6. The van der Waals surface area contributed by atoms with Crippen LogP contribution in [-0.2, 0) is 19.8 Å². The Balaban J connectivity index is 1.81. The molecule has 2 aliphatic heterocycles. The lowest BCUT2D eigenvalue weighted by atomic mass is 9.59. The number of benzene rings is 3. The van der Waals surface area contributed by atoms with Gasteiger partial charge in [-0.2, -0.15) is 0 Å². The van der Waals surface area contributed by atoms with Crippen molar-refractivity contribution in [2.75, 3.05) is 11.9 Å². The fourth-order valence-electron chi connectivity index (χ4n) is 5.51. The van der Waals surface area contributed by atoms with Crippen LogP contribution in [0.15, 0.2) is 54.6 Å². The number of amides is 2. The number of carboxylic acids is 1. The lowest BCUT2D eigenvalue weighted by molar-refractivity contribution is -0.139. The minimum absolute atomic E-state index is 0.135. The summed E-state index contributed by atoms with van der Waals surface area (Å²) in [5, 5.41) is 15.7. The zero-order valence-corrected chi connectivity index (χ0v) is 21.0. The molecule has 3 aromatic rings. The van der Waals surface area contributed by atoms with E-state index in [2.05, 4.69) is 10.6 Å². The van der Waals surface area contributed by atoms with Crippen molar-refractivity contribution >= 4 is 46.7 Å². The summed E-state index contributed by atoms with van der Waals surface area (Å²) in [5.41, 5.74) is 1.07. The Bertz CT molecular complexity index is 1460. The minimum atomic E-state index is -1.46. The highest BCUT2D eigenvalue weighted by Crippen LogP contribution is 2.59. The van der Waals surface area contributed by atoms with Crippen molar-refractivity contribution in [2.24, 2.45) is 0 Å². The first-order chi connectivity index (χ1) is 17.6. The molecular weight excluding hydrogens is 522 g/mol. The number of aryl methyl sites for hydroxylation is 1. The summed E-state index contributed by atoms with van der Waals surface area (Å²) in [6, 6.07) is 12.8. The first-order valence-electron chi connectivity index (χ1n) is 11.4. The second kappa shape index (κ2) is 9.36. The maximum Gasteiger partial charge on any atom is 0.341 e. The normalized spacial score (nSPS) is 22.4. The molecule has 2 heterocycles. The standard InChI is InChI=1S/C27H21Cl2FN2O5/c1-13-2-5-16(30)10-17(13)25-27(19-6-3-15(29)9-21(19)31-26(27)36)20(11-23(33)32-25)18-8-14(28)4-7-22(18)37-12-24(34)35/h2-10,20,25H,11-12H2,1H3,(H,31,36)(H,32,33)(H,34,35)/t20-,25+,27-/m1/s1. The van der Waals surface area contributed by atoms with E-state index < -0.39 is 41.7 Å². The van der Waals surface area contributed by atoms with E-state index in [1.807, 2.05) is 0 Å². The van der Waals surface area contributed by atoms with Crippen molar-refractivity contribution < 1.29 is 28.6 Å². The zero-order valence-electron chi connectivity index (χ0n) is 19.5. The number of carbonyl (C=O) groups excluding carboxylic acids is 2. The van der Waals surface area contributed by atoms with Crippen LogP contribution in [0.3, 0.4) is 0 Å². The van der Waals surface area contributed by atoms with Crippen LogP contribution in [0.2, 0.25) is 10.0 Å². The molecule has 0 saturated carbocycles. The van der Waals surface area contributed by atoms with Crippen LogP contribution in [0.4, 0.5) is 10.1 Å². The molecule has 3 atom stereocenters. The van der Waals surface area contributed by atoms with Gasteiger partial charge in [-0.1, -0.05) is 35.3 Å². The topological polar surface area (TPSA) is 105 Å². The molecule has 5 rings (SSSR count). The van der Waals surface area contributed by atoms with Gasteiger partial charge in [0.2, 0.25) is 11.8 Å². The molecule has 1 fully saturated rings. The highest BCUT2D eigenvalue weighted by atomic mass is 35.5. The molecule has 2 amide bonds. The van der Waals surface area contributed by atoms with E-state index in [-0.39, 0.29) is 18.1 Å². The molecular formula is C27H21Cl2FN2O5. The first kappa shape index (κ1) is 25.0. The van der Waals surface area contributed by atoms with Gasteiger partial charge in [0.1, 0.15) is 17.0 Å². The van der Waals surface area contributed by atoms with E-state index in [1.165, 1.54) is 24.3 Å². The summed E-state index contributed by atoms with van der Waals surface area (Å²) in [5.74, 6) is -3.18. The number of rotatable bonds is 5. The highest BCUT2D eigenvalue weighted by molar-refractivity contribution is 6.31. The smallest absolute Gasteiger partial charge is 0.341 e. The molecule has 10 heteroatoms. The first-order valence-corrected chi connectivity index (χ1v) is 12.2. The Morgan fingerprint density at radius 1 is 1.08 bits per heavy atom. The number of hydrogen-bond acceptors (Lipinski definition) is 4. The number of nitrogens with one attached hydrogen (secondary N) is 2. The molecule has 0 aliphatic carbocycles. The van der Waals surface area contributed by atoms with E-state index in [9.17, 15) is 23.9 Å². The molecule has 0 aromatic heterocycles. The number of anilines is 1. The molecule has 1 saturated heterocycles. The Morgan fingerprint density at radius 2 is 1.81 bits per heavy atom. The lowest BCUT2D eigenvalue weighted by Gasteiger charge is -2.47. The van der Waals surface area contributed by atoms with Gasteiger partial charge in [-0.25, -0.2) is 9.18 Å². The predicted octanol–water partition coefficient (Wildman–Crippen LogP) is 5.14. The number of piperidine rings is 1. The third-order valence-corrected chi connectivity index (χ3v) is 7.47. The Morgan fingerprint density at radius 3 is 2.57 bits per heavy atom. The van der Waals surface area contributed by atoms with Gasteiger partial charge in [-0.3, -0.25) is 9.59 Å². The SMILES string of the molecule is Cc1ccc(F)cc1[C@@H]1NC(=O)C[C@H](c2cc(Cl)ccc2OCC(=O)O)[C@@]12C(=O)Nc1cc(Cl)ccc12. The van der Waals surface area contributed by atoms with E-state index in [4.69, 9.17) is 27.9 Å². The largest absolute Gasteiger partial charge is 0.482 e. The third-order valence-electron chi connectivity index (χ3n) is 7.00. The maximum atomic E-state index is 14.5. The average molecular weight is 543 g/mol. The molecule has 0 bridgehead atoms. The van der Waals surface area contributed by atoms with Crippen molar-refractivity contribution in [3.05, 3.63) is 92.7 Å². The van der Waals surface area contributed by atoms with Crippen LogP contribution in [0.5, 0.6) is 5.75 Å². The van der Waals surface area contributed by atoms with Gasteiger partial charge in [0, 0.05) is 33.6 Å². The number of ether oxygens (including phenoxy) is 1. The summed E-state index contributed by atoms with van der Waals surface area (Å²) in [6.45, 7) is 1.14. The maximum absolute atomic E-state index is 14.5. The zero-order chi connectivity index (χ0) is 26.5. The van der Waals surface area contributed by atoms with E-state index in [1.54, 1.807) is 37.3 Å². The molecule has 3 N–H and O–H groups in total. The van der Waals surface area contributed by atoms with Gasteiger partial charge in [-0.15, -0.1) is 0 Å². The highest BCUT2D eigenvalue weighted by Gasteiger charge is 2.61. The predicted molar refractivity (Wildman–Crippen MR) is 136 cm³/mol. The van der Waals surface area contributed by atoms with E-state index in [0.717, 1.165) is 0 Å². The van der Waals surface area contributed by atoms with Crippen molar-refractivity contribution in [2.45, 2.75) is 30.7 Å². The van der Waals surface area contributed by atoms with Crippen molar-refractivity contribution in [3.63, 3.8) is 0 Å². The van der Waals surface area contributed by atoms with Gasteiger partial charge >= 0.3 is 5.97 Å². The molecule has 0 radical (unpaired) electrons. The van der Waals surface area contributed by atoms with Gasteiger partial charge < -0.3 is 20.5 Å². The Hall–Kier alpha value is -3.62. The number of fused-ring (bicyclic) bond motifs is 2.